The average Bonchev–Trinajstić information content (AvgIpc) is 3.36. The molecule has 178 valence electrons. The van der Waals surface area contributed by atoms with Crippen LogP contribution in [-0.4, -0.2) is 61.4 Å². The minimum atomic E-state index is -0.854. The number of fused-ring (bicyclic) bond motifs is 1. The number of hydrogen-bond donors (Lipinski definition) is 2. The van der Waals surface area contributed by atoms with Crippen molar-refractivity contribution in [1.29, 1.82) is 0 Å². The van der Waals surface area contributed by atoms with E-state index in [-0.39, 0.29) is 18.9 Å². The zero-order chi connectivity index (χ0) is 23.0. The lowest BCUT2D eigenvalue weighted by Gasteiger charge is -2.29. The second-order valence-corrected chi connectivity index (χ2v) is 8.63. The number of carbonyl (C=O) groups is 1. The zero-order valence-electron chi connectivity index (χ0n) is 19.3. The van der Waals surface area contributed by atoms with Crippen LogP contribution in [0.3, 0.4) is 0 Å². The molecule has 7 nitrogen and oxygen atoms in total. The Bertz CT molecular complexity index is 911. The van der Waals surface area contributed by atoms with Gasteiger partial charge in [0.05, 0.1) is 19.1 Å². The third-order valence-corrected chi connectivity index (χ3v) is 6.22. The summed E-state index contributed by atoms with van der Waals surface area (Å²) in [5, 5.41) is 14.2. The van der Waals surface area contributed by atoms with Gasteiger partial charge in [-0.1, -0.05) is 25.1 Å². The Balaban J connectivity index is 1.36. The van der Waals surface area contributed by atoms with Gasteiger partial charge in [-0.15, -0.1) is 0 Å². The third-order valence-electron chi connectivity index (χ3n) is 6.22. The number of rotatable bonds is 10. The molecule has 2 atom stereocenters. The van der Waals surface area contributed by atoms with Crippen molar-refractivity contribution in [2.24, 2.45) is 0 Å². The van der Waals surface area contributed by atoms with Crippen molar-refractivity contribution < 1.29 is 24.1 Å². The summed E-state index contributed by atoms with van der Waals surface area (Å²) in [5.74, 6) is 1.93. The van der Waals surface area contributed by atoms with E-state index < -0.39 is 12.1 Å². The SMILES string of the molecule is CCc1ccc(OCCC(=O)N[C@H](CN2CCCC2)[C@H](O)c2ccc3c(c2)OCCO3)cc1. The van der Waals surface area contributed by atoms with E-state index in [2.05, 4.69) is 17.1 Å². The summed E-state index contributed by atoms with van der Waals surface area (Å²) in [7, 11) is 0. The highest BCUT2D eigenvalue weighted by atomic mass is 16.6. The van der Waals surface area contributed by atoms with Gasteiger partial charge in [-0.3, -0.25) is 4.79 Å². The maximum Gasteiger partial charge on any atom is 0.223 e. The summed E-state index contributed by atoms with van der Waals surface area (Å²) in [6, 6.07) is 13.0. The fourth-order valence-electron chi connectivity index (χ4n) is 4.31. The molecule has 2 heterocycles. The summed E-state index contributed by atoms with van der Waals surface area (Å²) in [4.78, 5) is 15.0. The Hall–Kier alpha value is -2.77. The summed E-state index contributed by atoms with van der Waals surface area (Å²) >= 11 is 0. The molecule has 33 heavy (non-hydrogen) atoms. The number of amides is 1. The van der Waals surface area contributed by atoms with E-state index in [4.69, 9.17) is 14.2 Å². The predicted molar refractivity (Wildman–Crippen MR) is 126 cm³/mol. The second kappa shape index (κ2) is 11.4. The van der Waals surface area contributed by atoms with Gasteiger partial charge in [-0.25, -0.2) is 0 Å². The van der Waals surface area contributed by atoms with E-state index in [1.807, 2.05) is 42.5 Å². The number of benzene rings is 2. The molecule has 2 aliphatic rings. The summed E-state index contributed by atoms with van der Waals surface area (Å²) in [6.07, 6.45) is 2.64. The number of aliphatic hydroxyl groups is 1. The molecule has 0 radical (unpaired) electrons. The lowest BCUT2D eigenvalue weighted by atomic mass is 10.0. The van der Waals surface area contributed by atoms with Crippen molar-refractivity contribution in [1.82, 2.24) is 10.2 Å². The summed E-state index contributed by atoms with van der Waals surface area (Å²) in [6.45, 7) is 5.97. The van der Waals surface area contributed by atoms with Crippen LogP contribution in [0.4, 0.5) is 0 Å². The van der Waals surface area contributed by atoms with Crippen molar-refractivity contribution in [2.45, 2.75) is 44.8 Å². The van der Waals surface area contributed by atoms with Gasteiger partial charge in [0.1, 0.15) is 25.1 Å². The Labute approximate surface area is 195 Å². The van der Waals surface area contributed by atoms with Crippen LogP contribution in [0, 0.1) is 0 Å². The van der Waals surface area contributed by atoms with Gasteiger partial charge < -0.3 is 29.5 Å². The smallest absolute Gasteiger partial charge is 0.223 e. The first-order chi connectivity index (χ1) is 16.1. The van der Waals surface area contributed by atoms with E-state index in [0.29, 0.717) is 36.8 Å². The number of nitrogens with one attached hydrogen (secondary N) is 1. The van der Waals surface area contributed by atoms with Gasteiger partial charge in [0.25, 0.3) is 0 Å². The fourth-order valence-corrected chi connectivity index (χ4v) is 4.31. The number of nitrogens with zero attached hydrogens (tertiary/aromatic N) is 1. The molecule has 2 aromatic carbocycles. The van der Waals surface area contributed by atoms with Crippen molar-refractivity contribution in [3.63, 3.8) is 0 Å². The lowest BCUT2D eigenvalue weighted by molar-refractivity contribution is -0.123. The van der Waals surface area contributed by atoms with E-state index in [1.165, 1.54) is 5.56 Å². The lowest BCUT2D eigenvalue weighted by Crippen LogP contribution is -2.47. The summed E-state index contributed by atoms with van der Waals surface area (Å²) in [5.41, 5.74) is 1.95. The Kier molecular flexibility index (Phi) is 8.07. The largest absolute Gasteiger partial charge is 0.493 e. The van der Waals surface area contributed by atoms with Gasteiger partial charge in [0.2, 0.25) is 5.91 Å². The van der Waals surface area contributed by atoms with E-state index in [1.54, 1.807) is 0 Å². The normalized spacial score (nSPS) is 17.4. The van der Waals surface area contributed by atoms with Crippen LogP contribution in [0.15, 0.2) is 42.5 Å². The van der Waals surface area contributed by atoms with Gasteiger partial charge in [-0.2, -0.15) is 0 Å². The monoisotopic (exact) mass is 454 g/mol. The molecule has 1 amide bonds. The second-order valence-electron chi connectivity index (χ2n) is 8.63. The van der Waals surface area contributed by atoms with E-state index in [9.17, 15) is 9.90 Å². The highest BCUT2D eigenvalue weighted by Gasteiger charge is 2.27. The van der Waals surface area contributed by atoms with Crippen molar-refractivity contribution in [3.8, 4) is 17.2 Å². The quantitative estimate of drug-likeness (QED) is 0.574. The molecule has 0 spiro atoms. The summed E-state index contributed by atoms with van der Waals surface area (Å²) < 4.78 is 17.0. The highest BCUT2D eigenvalue weighted by Crippen LogP contribution is 2.33. The highest BCUT2D eigenvalue weighted by molar-refractivity contribution is 5.76. The van der Waals surface area contributed by atoms with Crippen LogP contribution in [0.25, 0.3) is 0 Å². The first-order valence-corrected chi connectivity index (χ1v) is 11.9. The Morgan fingerprint density at radius 2 is 1.82 bits per heavy atom. The number of hydrogen-bond acceptors (Lipinski definition) is 6. The Morgan fingerprint density at radius 3 is 2.55 bits per heavy atom. The maximum absolute atomic E-state index is 12.7. The van der Waals surface area contributed by atoms with Crippen LogP contribution in [0.5, 0.6) is 17.2 Å². The molecule has 0 aromatic heterocycles. The molecule has 2 aromatic rings. The minimum absolute atomic E-state index is 0.138. The van der Waals surface area contributed by atoms with Crippen LogP contribution in [-0.2, 0) is 11.2 Å². The number of likely N-dealkylation sites (tertiary alicyclic amines) is 1. The van der Waals surface area contributed by atoms with E-state index >= 15 is 0 Å². The molecule has 0 aliphatic carbocycles. The van der Waals surface area contributed by atoms with Crippen LogP contribution < -0.4 is 19.5 Å². The number of carbonyl (C=O) groups excluding carboxylic acids is 1. The molecule has 2 aliphatic heterocycles. The maximum atomic E-state index is 12.7. The molecule has 4 rings (SSSR count). The molecule has 1 fully saturated rings. The fraction of sp³-hybridized carbons (Fsp3) is 0.500. The van der Waals surface area contributed by atoms with Gasteiger partial charge in [-0.05, 0) is 67.7 Å². The first kappa shape index (κ1) is 23.4. The standard InChI is InChI=1S/C26H34N2O5/c1-2-19-5-8-21(9-6-19)31-14-11-25(29)27-22(18-28-12-3-4-13-28)26(30)20-7-10-23-24(17-20)33-16-15-32-23/h5-10,17,22,26,30H,2-4,11-16,18H2,1H3,(H,27,29)/t22-,26-/m1/s1. The first-order valence-electron chi connectivity index (χ1n) is 11.9. The van der Waals surface area contributed by atoms with Crippen molar-refractivity contribution >= 4 is 5.91 Å². The van der Waals surface area contributed by atoms with E-state index in [0.717, 1.165) is 38.1 Å². The molecule has 7 heteroatoms. The van der Waals surface area contributed by atoms with Crippen LogP contribution in [0.1, 0.15) is 43.4 Å². The minimum Gasteiger partial charge on any atom is -0.493 e. The van der Waals surface area contributed by atoms with Crippen LogP contribution >= 0.6 is 0 Å². The van der Waals surface area contributed by atoms with Crippen molar-refractivity contribution in [2.75, 3.05) is 39.5 Å². The third kappa shape index (κ3) is 6.39. The Morgan fingerprint density at radius 1 is 1.09 bits per heavy atom. The number of aryl methyl sites for hydroxylation is 1. The molecule has 0 saturated carbocycles. The van der Waals surface area contributed by atoms with Gasteiger partial charge in [0, 0.05) is 6.54 Å². The molecular formula is C26H34N2O5. The molecule has 2 N–H and O–H groups in total. The van der Waals surface area contributed by atoms with Gasteiger partial charge >= 0.3 is 0 Å². The predicted octanol–water partition coefficient (Wildman–Crippen LogP) is 3.10. The van der Waals surface area contributed by atoms with Crippen molar-refractivity contribution in [3.05, 3.63) is 53.6 Å². The topological polar surface area (TPSA) is 80.3 Å². The molecular weight excluding hydrogens is 420 g/mol. The van der Waals surface area contributed by atoms with Gasteiger partial charge in [0.15, 0.2) is 11.5 Å². The number of ether oxygens (including phenoxy) is 3. The van der Waals surface area contributed by atoms with Crippen LogP contribution in [0.2, 0.25) is 0 Å². The zero-order valence-corrected chi connectivity index (χ0v) is 19.3. The molecule has 1 saturated heterocycles. The number of aliphatic hydroxyl groups excluding tert-OH is 1. The molecule has 0 unspecified atom stereocenters. The average molecular weight is 455 g/mol. The molecule has 0 bridgehead atoms.